The summed E-state index contributed by atoms with van der Waals surface area (Å²) >= 11 is 0. The first-order valence-electron chi connectivity index (χ1n) is 8.74. The van der Waals surface area contributed by atoms with Crippen molar-refractivity contribution >= 4 is 17.2 Å². The number of primary amides is 1. The summed E-state index contributed by atoms with van der Waals surface area (Å²) in [7, 11) is 0. The van der Waals surface area contributed by atoms with Gasteiger partial charge in [-0.15, -0.1) is 0 Å². The Morgan fingerprint density at radius 1 is 1.22 bits per heavy atom. The Balaban J connectivity index is 1.92. The van der Waals surface area contributed by atoms with Gasteiger partial charge >= 0.3 is 0 Å². The molecule has 27 heavy (non-hydrogen) atoms. The minimum absolute atomic E-state index is 0.126. The van der Waals surface area contributed by atoms with Gasteiger partial charge in [-0.05, 0) is 43.2 Å². The summed E-state index contributed by atoms with van der Waals surface area (Å²) in [5.41, 5.74) is 9.14. The number of benzene rings is 1. The molecule has 140 valence electrons. The van der Waals surface area contributed by atoms with E-state index in [0.717, 1.165) is 35.6 Å². The summed E-state index contributed by atoms with van der Waals surface area (Å²) in [5.74, 6) is -0.745. The molecule has 0 spiro atoms. The number of hydrogen-bond acceptors (Lipinski definition) is 5. The number of rotatable bonds is 3. The summed E-state index contributed by atoms with van der Waals surface area (Å²) in [6.07, 6.45) is 1.84. The predicted octanol–water partition coefficient (Wildman–Crippen LogP) is 2.09. The van der Waals surface area contributed by atoms with Crippen molar-refractivity contribution in [2.45, 2.75) is 13.8 Å². The Bertz CT molecular complexity index is 1040. The first-order valence-corrected chi connectivity index (χ1v) is 8.74. The largest absolute Gasteiger partial charge is 0.378 e. The first kappa shape index (κ1) is 17.4. The van der Waals surface area contributed by atoms with E-state index < -0.39 is 11.7 Å². The van der Waals surface area contributed by atoms with E-state index in [2.05, 4.69) is 15.0 Å². The van der Waals surface area contributed by atoms with E-state index >= 15 is 0 Å². The van der Waals surface area contributed by atoms with E-state index in [1.165, 1.54) is 12.1 Å². The molecule has 8 heteroatoms. The monoisotopic (exact) mass is 369 g/mol. The fourth-order valence-electron chi connectivity index (χ4n) is 3.43. The van der Waals surface area contributed by atoms with Gasteiger partial charge in [0.2, 0.25) is 0 Å². The molecule has 0 atom stereocenters. The van der Waals surface area contributed by atoms with Crippen molar-refractivity contribution in [3.05, 3.63) is 47.2 Å². The Hall–Kier alpha value is -3.00. The lowest BCUT2D eigenvalue weighted by molar-refractivity contribution is 0.0996. The van der Waals surface area contributed by atoms with Crippen molar-refractivity contribution in [1.82, 2.24) is 14.6 Å². The third-order valence-corrected chi connectivity index (χ3v) is 4.76. The average Bonchev–Trinajstić information content (AvgIpc) is 3.01. The zero-order valence-electron chi connectivity index (χ0n) is 15.2. The molecule has 7 nitrogen and oxygen atoms in total. The van der Waals surface area contributed by atoms with Crippen LogP contribution in [-0.2, 0) is 4.74 Å². The molecule has 3 aromatic rings. The normalized spacial score (nSPS) is 14.7. The van der Waals surface area contributed by atoms with E-state index in [0.29, 0.717) is 24.6 Å². The molecule has 1 saturated heterocycles. The van der Waals surface area contributed by atoms with Gasteiger partial charge in [0.15, 0.2) is 5.65 Å². The van der Waals surface area contributed by atoms with E-state index in [4.69, 9.17) is 10.5 Å². The highest BCUT2D eigenvalue weighted by atomic mass is 19.1. The van der Waals surface area contributed by atoms with E-state index in [-0.39, 0.29) is 5.56 Å². The third kappa shape index (κ3) is 3.12. The minimum atomic E-state index is -0.792. The van der Waals surface area contributed by atoms with Gasteiger partial charge in [-0.3, -0.25) is 4.79 Å². The molecule has 0 aliphatic carbocycles. The van der Waals surface area contributed by atoms with Crippen LogP contribution in [0.15, 0.2) is 24.4 Å². The molecular weight excluding hydrogens is 349 g/mol. The number of pyridine rings is 1. The molecule has 2 N–H and O–H groups in total. The number of aromatic nitrogens is 3. The second kappa shape index (κ2) is 6.62. The number of hydrogen-bond donors (Lipinski definition) is 1. The Morgan fingerprint density at radius 3 is 2.67 bits per heavy atom. The topological polar surface area (TPSA) is 85.8 Å². The number of nitrogens with two attached hydrogens (primary N) is 1. The molecule has 1 aliphatic rings. The first-order chi connectivity index (χ1) is 12.9. The van der Waals surface area contributed by atoms with Gasteiger partial charge in [-0.25, -0.2) is 13.9 Å². The van der Waals surface area contributed by atoms with Gasteiger partial charge in [0, 0.05) is 24.8 Å². The van der Waals surface area contributed by atoms with E-state index in [1.54, 1.807) is 11.4 Å². The van der Waals surface area contributed by atoms with Crippen molar-refractivity contribution in [1.29, 1.82) is 0 Å². The number of amides is 1. The van der Waals surface area contributed by atoms with Crippen LogP contribution in [0, 0.1) is 19.7 Å². The van der Waals surface area contributed by atoms with Gasteiger partial charge in [-0.2, -0.15) is 5.10 Å². The number of carbonyl (C=O) groups is 1. The number of morpholine rings is 1. The van der Waals surface area contributed by atoms with Gasteiger partial charge in [0.05, 0.1) is 24.5 Å². The standard InChI is InChI=1S/C19H20FN5O2/c1-11-7-16(20)15(18(21)26)9-14(11)13-8-17(24-3-5-27-6-4-24)19-22-12(2)23-25(19)10-13/h7-10H,3-6H2,1-2H3,(H2,21,26). The molecule has 0 saturated carbocycles. The minimum Gasteiger partial charge on any atom is -0.378 e. The summed E-state index contributed by atoms with van der Waals surface area (Å²) in [5, 5.41) is 4.44. The Labute approximate surface area is 155 Å². The average molecular weight is 369 g/mol. The number of carbonyl (C=O) groups excluding carboxylic acids is 1. The molecule has 0 unspecified atom stereocenters. The number of aryl methyl sites for hydroxylation is 2. The molecule has 0 radical (unpaired) electrons. The molecule has 1 fully saturated rings. The van der Waals surface area contributed by atoms with Crippen LogP contribution in [-0.4, -0.2) is 46.8 Å². The predicted molar refractivity (Wildman–Crippen MR) is 99.4 cm³/mol. The van der Waals surface area contributed by atoms with Crippen molar-refractivity contribution in [3.63, 3.8) is 0 Å². The van der Waals surface area contributed by atoms with Crippen molar-refractivity contribution in [2.75, 3.05) is 31.2 Å². The van der Waals surface area contributed by atoms with Gasteiger partial charge in [-0.1, -0.05) is 0 Å². The van der Waals surface area contributed by atoms with Crippen molar-refractivity contribution in [2.24, 2.45) is 5.73 Å². The van der Waals surface area contributed by atoms with Gasteiger partial charge < -0.3 is 15.4 Å². The Kier molecular flexibility index (Phi) is 4.27. The summed E-state index contributed by atoms with van der Waals surface area (Å²) in [6.45, 7) is 6.42. The maximum absolute atomic E-state index is 14.1. The van der Waals surface area contributed by atoms with Crippen LogP contribution in [0.4, 0.5) is 10.1 Å². The molecule has 1 aliphatic heterocycles. The van der Waals surface area contributed by atoms with Crippen LogP contribution in [0.2, 0.25) is 0 Å². The lowest BCUT2D eigenvalue weighted by Crippen LogP contribution is -2.36. The molecule has 2 aromatic heterocycles. The van der Waals surface area contributed by atoms with Crippen molar-refractivity contribution in [3.8, 4) is 11.1 Å². The summed E-state index contributed by atoms with van der Waals surface area (Å²) in [4.78, 5) is 18.3. The maximum Gasteiger partial charge on any atom is 0.251 e. The molecule has 3 heterocycles. The molecular formula is C19H20FN5O2. The van der Waals surface area contributed by atoms with E-state index in [1.807, 2.05) is 19.2 Å². The number of nitrogens with zero attached hydrogens (tertiary/aromatic N) is 4. The van der Waals surface area contributed by atoms with Gasteiger partial charge in [0.25, 0.3) is 5.91 Å². The number of halogens is 1. The SMILES string of the molecule is Cc1nc2c(N3CCOCC3)cc(-c3cc(C(N)=O)c(F)cc3C)cn2n1. The smallest absolute Gasteiger partial charge is 0.251 e. The lowest BCUT2D eigenvalue weighted by Gasteiger charge is -2.29. The number of ether oxygens (including phenoxy) is 1. The lowest BCUT2D eigenvalue weighted by atomic mass is 9.98. The van der Waals surface area contributed by atoms with Crippen LogP contribution in [0.3, 0.4) is 0 Å². The van der Waals surface area contributed by atoms with Crippen LogP contribution in [0.25, 0.3) is 16.8 Å². The van der Waals surface area contributed by atoms with Crippen LogP contribution >= 0.6 is 0 Å². The second-order valence-corrected chi connectivity index (χ2v) is 6.65. The zero-order chi connectivity index (χ0) is 19.1. The van der Waals surface area contributed by atoms with Crippen LogP contribution in [0.5, 0.6) is 0 Å². The van der Waals surface area contributed by atoms with E-state index in [9.17, 15) is 9.18 Å². The summed E-state index contributed by atoms with van der Waals surface area (Å²) in [6, 6.07) is 4.83. The maximum atomic E-state index is 14.1. The third-order valence-electron chi connectivity index (χ3n) is 4.76. The molecule has 1 amide bonds. The number of fused-ring (bicyclic) bond motifs is 1. The Morgan fingerprint density at radius 2 is 1.96 bits per heavy atom. The highest BCUT2D eigenvalue weighted by Crippen LogP contribution is 2.32. The fourth-order valence-corrected chi connectivity index (χ4v) is 3.43. The van der Waals surface area contributed by atoms with Crippen molar-refractivity contribution < 1.29 is 13.9 Å². The zero-order valence-corrected chi connectivity index (χ0v) is 15.2. The van der Waals surface area contributed by atoms with Crippen LogP contribution < -0.4 is 10.6 Å². The quantitative estimate of drug-likeness (QED) is 0.764. The molecule has 1 aromatic carbocycles. The highest BCUT2D eigenvalue weighted by molar-refractivity contribution is 5.95. The second-order valence-electron chi connectivity index (χ2n) is 6.65. The molecule has 0 bridgehead atoms. The molecule has 4 rings (SSSR count). The highest BCUT2D eigenvalue weighted by Gasteiger charge is 2.20. The summed E-state index contributed by atoms with van der Waals surface area (Å²) < 4.78 is 21.2. The number of anilines is 1. The van der Waals surface area contributed by atoms with Gasteiger partial charge in [0.1, 0.15) is 11.6 Å². The fraction of sp³-hybridized carbons (Fsp3) is 0.316. The van der Waals surface area contributed by atoms with Crippen LogP contribution in [0.1, 0.15) is 21.7 Å².